The normalized spacial score (nSPS) is 10.0. The fourth-order valence-electron chi connectivity index (χ4n) is 0.967. The maximum Gasteiger partial charge on any atom is 0.0960 e. The Balaban J connectivity index is 2.74. The van der Waals surface area contributed by atoms with E-state index >= 15 is 0 Å². The van der Waals surface area contributed by atoms with Crippen molar-refractivity contribution in [3.63, 3.8) is 0 Å². The monoisotopic (exact) mass is 167 g/mol. The van der Waals surface area contributed by atoms with Crippen LogP contribution in [-0.4, -0.2) is 11.2 Å². The van der Waals surface area contributed by atoms with E-state index in [-0.39, 0.29) is 0 Å². The molecule has 0 aliphatic carbocycles. The minimum atomic E-state index is 1.09. The topological polar surface area (TPSA) is 12.9 Å². The lowest BCUT2D eigenvalue weighted by atomic mass is 10.2. The summed E-state index contributed by atoms with van der Waals surface area (Å²) >= 11 is 1.70. The number of hydrogen-bond acceptors (Lipinski definition) is 2. The quantitative estimate of drug-likeness (QED) is 0.642. The Kier molecular flexibility index (Phi) is 3.43. The molecule has 1 aromatic rings. The van der Waals surface area contributed by atoms with Crippen molar-refractivity contribution >= 4 is 11.8 Å². The summed E-state index contributed by atoms with van der Waals surface area (Å²) in [5.74, 6) is 0. The highest BCUT2D eigenvalue weighted by Gasteiger charge is 1.93. The van der Waals surface area contributed by atoms with Crippen molar-refractivity contribution in [1.82, 2.24) is 4.98 Å². The van der Waals surface area contributed by atoms with Gasteiger partial charge < -0.3 is 0 Å². The van der Waals surface area contributed by atoms with Crippen molar-refractivity contribution in [3.8, 4) is 0 Å². The summed E-state index contributed by atoms with van der Waals surface area (Å²) < 4.78 is 0. The first kappa shape index (κ1) is 8.60. The van der Waals surface area contributed by atoms with Crippen LogP contribution in [0, 0.1) is 0 Å². The van der Waals surface area contributed by atoms with E-state index in [2.05, 4.69) is 30.3 Å². The van der Waals surface area contributed by atoms with E-state index in [9.17, 15) is 0 Å². The highest BCUT2D eigenvalue weighted by molar-refractivity contribution is 7.98. The second-order valence-corrected chi connectivity index (χ2v) is 3.25. The van der Waals surface area contributed by atoms with Gasteiger partial charge in [-0.25, -0.2) is 4.98 Å². The number of hydrogen-bond donors (Lipinski definition) is 0. The van der Waals surface area contributed by atoms with Gasteiger partial charge in [-0.3, -0.25) is 0 Å². The summed E-state index contributed by atoms with van der Waals surface area (Å²) in [6, 6.07) is 6.21. The molecule has 0 aromatic carbocycles. The van der Waals surface area contributed by atoms with Crippen LogP contribution >= 0.6 is 11.8 Å². The van der Waals surface area contributed by atoms with Crippen LogP contribution in [0.4, 0.5) is 0 Å². The van der Waals surface area contributed by atoms with Crippen LogP contribution in [0.2, 0.25) is 0 Å². The van der Waals surface area contributed by atoms with E-state index in [0.29, 0.717) is 0 Å². The Labute approximate surface area is 72.2 Å². The number of pyridine rings is 1. The van der Waals surface area contributed by atoms with Gasteiger partial charge >= 0.3 is 0 Å². The van der Waals surface area contributed by atoms with E-state index in [4.69, 9.17) is 0 Å². The van der Waals surface area contributed by atoms with Gasteiger partial charge in [-0.05, 0) is 24.8 Å². The number of aryl methyl sites for hydroxylation is 1. The maximum atomic E-state index is 4.44. The van der Waals surface area contributed by atoms with E-state index < -0.39 is 0 Å². The van der Waals surface area contributed by atoms with Crippen LogP contribution in [-0.2, 0) is 6.42 Å². The molecule has 0 aliphatic heterocycles. The number of aromatic nitrogens is 1. The molecule has 1 rings (SSSR count). The molecule has 0 aliphatic rings. The highest BCUT2D eigenvalue weighted by Crippen LogP contribution is 2.11. The number of rotatable bonds is 3. The molecule has 0 amide bonds. The Morgan fingerprint density at radius 3 is 2.91 bits per heavy atom. The SMILES string of the molecule is CCCc1cccc(SC)n1. The third-order valence-electron chi connectivity index (χ3n) is 1.50. The predicted molar refractivity (Wildman–Crippen MR) is 50.0 cm³/mol. The smallest absolute Gasteiger partial charge is 0.0960 e. The Morgan fingerprint density at radius 2 is 2.27 bits per heavy atom. The Bertz CT molecular complexity index is 223. The molecule has 0 unspecified atom stereocenters. The Hall–Kier alpha value is -0.500. The van der Waals surface area contributed by atoms with Crippen molar-refractivity contribution in [2.75, 3.05) is 6.26 Å². The van der Waals surface area contributed by atoms with Crippen molar-refractivity contribution in [2.45, 2.75) is 24.8 Å². The van der Waals surface area contributed by atoms with E-state index in [1.165, 1.54) is 12.1 Å². The lowest BCUT2D eigenvalue weighted by Crippen LogP contribution is -1.88. The average molecular weight is 167 g/mol. The van der Waals surface area contributed by atoms with Gasteiger partial charge in [0.1, 0.15) is 0 Å². The number of thioether (sulfide) groups is 1. The van der Waals surface area contributed by atoms with Gasteiger partial charge in [-0.15, -0.1) is 11.8 Å². The summed E-state index contributed by atoms with van der Waals surface area (Å²) in [7, 11) is 0. The van der Waals surface area contributed by atoms with Crippen LogP contribution in [0.5, 0.6) is 0 Å². The third-order valence-corrected chi connectivity index (χ3v) is 2.14. The maximum absolute atomic E-state index is 4.44. The lowest BCUT2D eigenvalue weighted by Gasteiger charge is -1.99. The second-order valence-electron chi connectivity index (χ2n) is 2.42. The largest absolute Gasteiger partial charge is 0.247 e. The molecule has 0 N–H and O–H groups in total. The molecule has 0 spiro atoms. The van der Waals surface area contributed by atoms with Crippen molar-refractivity contribution < 1.29 is 0 Å². The summed E-state index contributed by atoms with van der Waals surface area (Å²) in [6.45, 7) is 2.17. The molecule has 0 saturated carbocycles. The van der Waals surface area contributed by atoms with Crippen LogP contribution < -0.4 is 0 Å². The van der Waals surface area contributed by atoms with Gasteiger partial charge in [0, 0.05) is 5.69 Å². The van der Waals surface area contributed by atoms with Crippen LogP contribution in [0.15, 0.2) is 23.2 Å². The molecule has 0 bridgehead atoms. The molecule has 1 aromatic heterocycles. The molecule has 11 heavy (non-hydrogen) atoms. The van der Waals surface area contributed by atoms with E-state index in [1.54, 1.807) is 11.8 Å². The first-order valence-electron chi connectivity index (χ1n) is 3.86. The van der Waals surface area contributed by atoms with Crippen molar-refractivity contribution in [2.24, 2.45) is 0 Å². The van der Waals surface area contributed by atoms with E-state index in [1.807, 2.05) is 6.07 Å². The van der Waals surface area contributed by atoms with Crippen molar-refractivity contribution in [1.29, 1.82) is 0 Å². The molecule has 0 fully saturated rings. The van der Waals surface area contributed by atoms with E-state index in [0.717, 1.165) is 11.4 Å². The molecule has 1 heterocycles. The standard InChI is InChI=1S/C9H13NS/c1-3-5-8-6-4-7-9(10-8)11-2/h4,6-7H,3,5H2,1-2H3. The lowest BCUT2D eigenvalue weighted by molar-refractivity contribution is 0.861. The summed E-state index contributed by atoms with van der Waals surface area (Å²) in [4.78, 5) is 4.44. The molecule has 2 heteroatoms. The summed E-state index contributed by atoms with van der Waals surface area (Å²) in [5, 5.41) is 1.12. The fraction of sp³-hybridized carbons (Fsp3) is 0.444. The second kappa shape index (κ2) is 4.39. The minimum Gasteiger partial charge on any atom is -0.247 e. The third kappa shape index (κ3) is 2.54. The van der Waals surface area contributed by atoms with Gasteiger partial charge in [-0.1, -0.05) is 19.4 Å². The van der Waals surface area contributed by atoms with Gasteiger partial charge in [0.05, 0.1) is 5.03 Å². The average Bonchev–Trinajstić information content (AvgIpc) is 2.06. The predicted octanol–water partition coefficient (Wildman–Crippen LogP) is 2.76. The number of nitrogens with zero attached hydrogens (tertiary/aromatic N) is 1. The zero-order valence-corrected chi connectivity index (χ0v) is 7.82. The van der Waals surface area contributed by atoms with Gasteiger partial charge in [0.25, 0.3) is 0 Å². The zero-order valence-electron chi connectivity index (χ0n) is 7.00. The van der Waals surface area contributed by atoms with Crippen LogP contribution in [0.25, 0.3) is 0 Å². The fourth-order valence-corrected chi connectivity index (χ4v) is 1.39. The Morgan fingerprint density at radius 1 is 1.45 bits per heavy atom. The summed E-state index contributed by atoms with van der Waals surface area (Å²) in [5.41, 5.74) is 1.21. The summed E-state index contributed by atoms with van der Waals surface area (Å²) in [6.07, 6.45) is 4.32. The van der Waals surface area contributed by atoms with Crippen molar-refractivity contribution in [3.05, 3.63) is 23.9 Å². The zero-order chi connectivity index (χ0) is 8.10. The first-order chi connectivity index (χ1) is 5.36. The minimum absolute atomic E-state index is 1.09. The molecule has 60 valence electrons. The van der Waals surface area contributed by atoms with Crippen LogP contribution in [0.3, 0.4) is 0 Å². The van der Waals surface area contributed by atoms with Crippen LogP contribution in [0.1, 0.15) is 19.0 Å². The van der Waals surface area contributed by atoms with Gasteiger partial charge in [0.2, 0.25) is 0 Å². The van der Waals surface area contributed by atoms with Gasteiger partial charge in [-0.2, -0.15) is 0 Å². The molecule has 0 atom stereocenters. The molecule has 0 radical (unpaired) electrons. The van der Waals surface area contributed by atoms with Gasteiger partial charge in [0.15, 0.2) is 0 Å². The molecular weight excluding hydrogens is 154 g/mol. The molecule has 1 nitrogen and oxygen atoms in total. The molecule has 0 saturated heterocycles. The molecular formula is C9H13NS. The first-order valence-corrected chi connectivity index (χ1v) is 5.09. The highest BCUT2D eigenvalue weighted by atomic mass is 32.2.